The molecule has 5 heteroatoms. The number of benzene rings is 1. The van der Waals surface area contributed by atoms with E-state index in [9.17, 15) is 15.0 Å². The van der Waals surface area contributed by atoms with Crippen molar-refractivity contribution < 1.29 is 15.0 Å². The van der Waals surface area contributed by atoms with Gasteiger partial charge < -0.3 is 15.5 Å². The molecular weight excluding hydrogens is 290 g/mol. The molecule has 0 saturated carbocycles. The number of hydrogen-bond acceptors (Lipinski definition) is 4. The third-order valence-electron chi connectivity index (χ3n) is 4.41. The summed E-state index contributed by atoms with van der Waals surface area (Å²) in [6, 6.07) is 3.10. The van der Waals surface area contributed by atoms with Gasteiger partial charge >= 0.3 is 0 Å². The Hall–Kier alpha value is -1.52. The predicted molar refractivity (Wildman–Crippen MR) is 80.7 cm³/mol. The van der Waals surface area contributed by atoms with Crippen molar-refractivity contribution in [2.24, 2.45) is 5.92 Å². The molecule has 3 rings (SSSR count). The summed E-state index contributed by atoms with van der Waals surface area (Å²) in [5.74, 6) is 0.217. The number of piperidine rings is 1. The Kier molecular flexibility index (Phi) is 3.91. The highest BCUT2D eigenvalue weighted by Gasteiger charge is 2.32. The zero-order valence-electron chi connectivity index (χ0n) is 11.6. The van der Waals surface area contributed by atoms with Crippen molar-refractivity contribution in [3.8, 4) is 11.5 Å². The second-order valence-electron chi connectivity index (χ2n) is 5.78. The molecule has 2 aliphatic rings. The van der Waals surface area contributed by atoms with Gasteiger partial charge in [0, 0.05) is 23.6 Å². The molecule has 0 bridgehead atoms. The lowest BCUT2D eigenvalue weighted by molar-refractivity contribution is -0.115. The molecule has 1 aliphatic heterocycles. The Bertz CT molecular complexity index is 612. The summed E-state index contributed by atoms with van der Waals surface area (Å²) in [5.41, 5.74) is 2.04. The monoisotopic (exact) mass is 307 g/mol. The highest BCUT2D eigenvalue weighted by Crippen LogP contribution is 2.36. The molecule has 1 aliphatic carbocycles. The zero-order valence-corrected chi connectivity index (χ0v) is 12.4. The maximum absolute atomic E-state index is 11.5. The number of fused-ring (bicyclic) bond motifs is 1. The first-order chi connectivity index (χ1) is 10.0. The van der Waals surface area contributed by atoms with Crippen molar-refractivity contribution in [3.63, 3.8) is 0 Å². The smallest absolute Gasteiger partial charge is 0.158 e. The van der Waals surface area contributed by atoms with Crippen molar-refractivity contribution in [1.82, 2.24) is 5.32 Å². The molecule has 1 aromatic rings. The van der Waals surface area contributed by atoms with Gasteiger partial charge in [0.15, 0.2) is 17.3 Å². The fraction of sp³-hybridized carbons (Fsp3) is 0.438. The maximum Gasteiger partial charge on any atom is 0.158 e. The Morgan fingerprint density at radius 1 is 1.24 bits per heavy atom. The molecule has 0 aromatic heterocycles. The van der Waals surface area contributed by atoms with Crippen LogP contribution in [0.4, 0.5) is 0 Å². The van der Waals surface area contributed by atoms with E-state index in [1.54, 1.807) is 6.08 Å². The molecule has 2 atom stereocenters. The number of rotatable bonds is 2. The molecular formula is C16H18ClNO3. The first kappa shape index (κ1) is 14.4. The molecule has 21 heavy (non-hydrogen) atoms. The van der Waals surface area contributed by atoms with Crippen LogP contribution in [-0.4, -0.2) is 28.6 Å². The van der Waals surface area contributed by atoms with Crippen LogP contribution in [0.1, 0.15) is 24.8 Å². The molecule has 1 fully saturated rings. The van der Waals surface area contributed by atoms with E-state index in [2.05, 4.69) is 5.32 Å². The van der Waals surface area contributed by atoms with Crippen molar-refractivity contribution in [1.29, 1.82) is 0 Å². The van der Waals surface area contributed by atoms with Gasteiger partial charge in [-0.05, 0) is 49.4 Å². The first-order valence-electron chi connectivity index (χ1n) is 7.21. The lowest BCUT2D eigenvalue weighted by Gasteiger charge is -2.37. The summed E-state index contributed by atoms with van der Waals surface area (Å²) in [6.07, 6.45) is 4.85. The van der Waals surface area contributed by atoms with Crippen molar-refractivity contribution >= 4 is 17.4 Å². The van der Waals surface area contributed by atoms with Crippen LogP contribution < -0.4 is 5.32 Å². The zero-order chi connectivity index (χ0) is 15.0. The van der Waals surface area contributed by atoms with E-state index in [4.69, 9.17) is 11.6 Å². The van der Waals surface area contributed by atoms with Crippen LogP contribution in [0.5, 0.6) is 11.5 Å². The number of carbonyl (C=O) groups is 1. The summed E-state index contributed by atoms with van der Waals surface area (Å²) < 4.78 is 0. The lowest BCUT2D eigenvalue weighted by atomic mass is 9.76. The fourth-order valence-corrected chi connectivity index (χ4v) is 3.57. The number of ketones is 1. The normalized spacial score (nSPS) is 25.4. The number of hydrogen-bond donors (Lipinski definition) is 3. The molecule has 112 valence electrons. The number of aromatic hydroxyl groups is 2. The number of allylic oxidation sites excluding steroid dienone is 1. The van der Waals surface area contributed by atoms with Crippen molar-refractivity contribution in [2.75, 3.05) is 6.54 Å². The largest absolute Gasteiger partial charge is 0.504 e. The Labute approximate surface area is 128 Å². The average molecular weight is 308 g/mol. The molecule has 1 unspecified atom stereocenters. The standard InChI is InChI=1S/C16H18ClNO3/c17-13-8-16(21)15(20)7-10(13)6-14-12-2-1-11(19)5-9(12)3-4-18-14/h5,7-8,12,14,18,20-21H,1-4,6H2/t12?,14-/m0/s1. The quantitative estimate of drug-likeness (QED) is 0.735. The van der Waals surface area contributed by atoms with Crippen LogP contribution in [-0.2, 0) is 11.2 Å². The Morgan fingerprint density at radius 2 is 2.00 bits per heavy atom. The summed E-state index contributed by atoms with van der Waals surface area (Å²) in [7, 11) is 0. The van der Waals surface area contributed by atoms with Gasteiger partial charge in [-0.3, -0.25) is 4.79 Å². The van der Waals surface area contributed by atoms with Crippen LogP contribution >= 0.6 is 11.6 Å². The van der Waals surface area contributed by atoms with Crippen molar-refractivity contribution in [3.05, 3.63) is 34.4 Å². The van der Waals surface area contributed by atoms with Crippen LogP contribution in [0.25, 0.3) is 0 Å². The fourth-order valence-electron chi connectivity index (χ4n) is 3.33. The minimum absolute atomic E-state index is 0.153. The third-order valence-corrected chi connectivity index (χ3v) is 4.77. The molecule has 0 spiro atoms. The van der Waals surface area contributed by atoms with Gasteiger partial charge in [-0.2, -0.15) is 0 Å². The van der Waals surface area contributed by atoms with Gasteiger partial charge in [-0.25, -0.2) is 0 Å². The van der Waals surface area contributed by atoms with Crippen LogP contribution in [0.15, 0.2) is 23.8 Å². The molecule has 0 radical (unpaired) electrons. The third kappa shape index (κ3) is 2.92. The van der Waals surface area contributed by atoms with Gasteiger partial charge in [-0.15, -0.1) is 0 Å². The van der Waals surface area contributed by atoms with Crippen LogP contribution in [0.3, 0.4) is 0 Å². The second-order valence-corrected chi connectivity index (χ2v) is 6.19. The molecule has 0 amide bonds. The SMILES string of the molecule is O=C1C=C2CCN[C@@H](Cc3cc(O)c(O)cc3Cl)C2CC1. The van der Waals surface area contributed by atoms with Gasteiger partial charge in [0.05, 0.1) is 0 Å². The van der Waals surface area contributed by atoms with E-state index in [0.717, 1.165) is 24.9 Å². The van der Waals surface area contributed by atoms with Crippen LogP contribution in [0, 0.1) is 5.92 Å². The molecule has 1 saturated heterocycles. The number of phenols is 2. The predicted octanol–water partition coefficient (Wildman–Crippen LogP) is 2.56. The molecule has 3 N–H and O–H groups in total. The van der Waals surface area contributed by atoms with E-state index >= 15 is 0 Å². The Balaban J connectivity index is 1.83. The molecule has 4 nitrogen and oxygen atoms in total. The highest BCUT2D eigenvalue weighted by atomic mass is 35.5. The van der Waals surface area contributed by atoms with Crippen LogP contribution in [0.2, 0.25) is 5.02 Å². The van der Waals surface area contributed by atoms with E-state index in [0.29, 0.717) is 23.8 Å². The van der Waals surface area contributed by atoms with Gasteiger partial charge in [0.2, 0.25) is 0 Å². The molecule has 1 heterocycles. The average Bonchev–Trinajstić information content (AvgIpc) is 2.44. The minimum Gasteiger partial charge on any atom is -0.504 e. The van der Waals surface area contributed by atoms with Gasteiger partial charge in [0.25, 0.3) is 0 Å². The van der Waals surface area contributed by atoms with E-state index < -0.39 is 0 Å². The topological polar surface area (TPSA) is 69.6 Å². The number of phenolic OH excluding ortho intramolecular Hbond substituents is 2. The maximum atomic E-state index is 11.5. The summed E-state index contributed by atoms with van der Waals surface area (Å²) in [5, 5.41) is 23.0. The van der Waals surface area contributed by atoms with Gasteiger partial charge in [-0.1, -0.05) is 17.2 Å². The van der Waals surface area contributed by atoms with Gasteiger partial charge in [0.1, 0.15) is 0 Å². The van der Waals surface area contributed by atoms with E-state index in [1.807, 2.05) is 0 Å². The first-order valence-corrected chi connectivity index (χ1v) is 7.59. The summed E-state index contributed by atoms with van der Waals surface area (Å²) in [6.45, 7) is 0.849. The summed E-state index contributed by atoms with van der Waals surface area (Å²) in [4.78, 5) is 11.5. The van der Waals surface area contributed by atoms with Crippen molar-refractivity contribution in [2.45, 2.75) is 31.7 Å². The van der Waals surface area contributed by atoms with E-state index in [-0.39, 0.29) is 23.3 Å². The minimum atomic E-state index is -0.204. The number of halogens is 1. The molecule has 1 aromatic carbocycles. The number of nitrogens with one attached hydrogen (secondary N) is 1. The Morgan fingerprint density at radius 3 is 2.81 bits per heavy atom. The highest BCUT2D eigenvalue weighted by molar-refractivity contribution is 6.31. The van der Waals surface area contributed by atoms with E-state index in [1.165, 1.54) is 17.7 Å². The number of carbonyl (C=O) groups excluding carboxylic acids is 1. The summed E-state index contributed by atoms with van der Waals surface area (Å²) >= 11 is 6.15. The lowest BCUT2D eigenvalue weighted by Crippen LogP contribution is -2.45. The second kappa shape index (κ2) is 5.70.